The molecule has 0 rings (SSSR count). The average Bonchev–Trinajstić information content (AvgIpc) is 1.37. The van der Waals surface area contributed by atoms with Gasteiger partial charge in [0, 0.05) is 0 Å². The Labute approximate surface area is 25.1 Å². The highest BCUT2D eigenvalue weighted by Gasteiger charge is 1.60. The summed E-state index contributed by atoms with van der Waals surface area (Å²) in [5, 5.41) is 7.07. The molecule has 0 fully saturated rings. The SMILES string of the molecule is O=[Si]OO. The molecule has 0 aliphatic carbocycles. The van der Waals surface area contributed by atoms with Gasteiger partial charge in [0.05, 0.1) is 0 Å². The summed E-state index contributed by atoms with van der Waals surface area (Å²) in [6.45, 7) is 0. The monoisotopic (exact) mass is 77.0 g/mol. The summed E-state index contributed by atoms with van der Waals surface area (Å²) in [5.74, 6) is 0. The van der Waals surface area contributed by atoms with Crippen LogP contribution in [0.4, 0.5) is 0 Å². The number of hydrogen-bond donors (Lipinski definition) is 1. The fourth-order valence-corrected chi connectivity index (χ4v) is 0. The van der Waals surface area contributed by atoms with Crippen LogP contribution in [0, 0.1) is 0 Å². The minimum atomic E-state index is -1.05. The fraction of sp³-hybridized carbons (Fsp3) is 0. The van der Waals surface area contributed by atoms with Gasteiger partial charge in [-0.1, -0.05) is 0 Å². The van der Waals surface area contributed by atoms with Crippen molar-refractivity contribution in [2.24, 2.45) is 0 Å². The maximum absolute atomic E-state index is 8.85. The van der Waals surface area contributed by atoms with Crippen LogP contribution in [0.1, 0.15) is 0 Å². The van der Waals surface area contributed by atoms with Gasteiger partial charge >= 0.3 is 9.65 Å². The fourth-order valence-electron chi connectivity index (χ4n) is 0. The molecule has 1 N–H and O–H groups in total. The van der Waals surface area contributed by atoms with Crippen LogP contribution in [0.2, 0.25) is 0 Å². The van der Waals surface area contributed by atoms with Gasteiger partial charge in [-0.05, 0) is 0 Å². The van der Waals surface area contributed by atoms with Crippen molar-refractivity contribution in [1.29, 1.82) is 0 Å². The highest BCUT2D eigenvalue weighted by Crippen LogP contribution is 1.31. The molecule has 4 heavy (non-hydrogen) atoms. The number of hydrogen-bond acceptors (Lipinski definition) is 3. The van der Waals surface area contributed by atoms with Gasteiger partial charge in [0.15, 0.2) is 0 Å². The van der Waals surface area contributed by atoms with Crippen LogP contribution < -0.4 is 0 Å². The van der Waals surface area contributed by atoms with Crippen molar-refractivity contribution in [3.8, 4) is 0 Å². The van der Waals surface area contributed by atoms with E-state index in [2.05, 4.69) is 4.58 Å². The Kier molecular flexibility index (Phi) is 2.62. The van der Waals surface area contributed by atoms with E-state index in [1.54, 1.807) is 0 Å². The first kappa shape index (κ1) is 3.78. The Bertz CT molecular complexity index is 17.2. The summed E-state index contributed by atoms with van der Waals surface area (Å²) in [7, 11) is -1.05. The third-order valence-corrected chi connectivity index (χ3v) is 0.112. The maximum atomic E-state index is 8.85. The van der Waals surface area contributed by atoms with Gasteiger partial charge in [-0.2, -0.15) is 0 Å². The van der Waals surface area contributed by atoms with Gasteiger partial charge in [0.1, 0.15) is 0 Å². The molecule has 0 bridgehead atoms. The van der Waals surface area contributed by atoms with E-state index >= 15 is 0 Å². The van der Waals surface area contributed by atoms with E-state index in [1.807, 2.05) is 0 Å². The van der Waals surface area contributed by atoms with Gasteiger partial charge in [0.25, 0.3) is 0 Å². The largest absolute Gasteiger partial charge is 0.628 e. The van der Waals surface area contributed by atoms with E-state index in [-0.39, 0.29) is 0 Å². The van der Waals surface area contributed by atoms with E-state index < -0.39 is 9.65 Å². The van der Waals surface area contributed by atoms with Crippen LogP contribution in [0.3, 0.4) is 0 Å². The van der Waals surface area contributed by atoms with Gasteiger partial charge in [-0.25, -0.2) is 5.26 Å². The third-order valence-electron chi connectivity index (χ3n) is 0.0373. The van der Waals surface area contributed by atoms with Crippen LogP contribution in [0.25, 0.3) is 0 Å². The van der Waals surface area contributed by atoms with Gasteiger partial charge in [-0.15, -0.1) is 0 Å². The predicted molar refractivity (Wildman–Crippen MR) is 10.2 cm³/mol. The summed E-state index contributed by atoms with van der Waals surface area (Å²) in [4.78, 5) is 0. The molecule has 23 valence electrons. The van der Waals surface area contributed by atoms with Gasteiger partial charge in [0.2, 0.25) is 0 Å². The van der Waals surface area contributed by atoms with Gasteiger partial charge < -0.3 is 9.04 Å². The van der Waals surface area contributed by atoms with Crippen LogP contribution >= 0.6 is 0 Å². The summed E-state index contributed by atoms with van der Waals surface area (Å²) >= 11 is 0. The molecule has 0 unspecified atom stereocenters. The molecule has 0 saturated heterocycles. The second kappa shape index (κ2) is 2.78. The second-order valence-electron chi connectivity index (χ2n) is 0.175. The lowest BCUT2D eigenvalue weighted by molar-refractivity contribution is -0.141. The molecule has 0 aromatic rings. The van der Waals surface area contributed by atoms with E-state index in [9.17, 15) is 0 Å². The zero-order chi connectivity index (χ0) is 3.41. The van der Waals surface area contributed by atoms with Crippen molar-refractivity contribution in [3.63, 3.8) is 0 Å². The Morgan fingerprint density at radius 1 is 2.00 bits per heavy atom. The molecule has 0 aromatic carbocycles. The van der Waals surface area contributed by atoms with E-state index in [0.717, 1.165) is 0 Å². The van der Waals surface area contributed by atoms with Crippen LogP contribution in [-0.4, -0.2) is 14.9 Å². The normalized spacial score (nSPS) is 5.25. The quantitative estimate of drug-likeness (QED) is 0.259. The molecule has 0 aromatic heterocycles. The van der Waals surface area contributed by atoms with Crippen LogP contribution in [0.15, 0.2) is 0 Å². The molecule has 0 aliphatic rings. The smallest absolute Gasteiger partial charge is 0.357 e. The van der Waals surface area contributed by atoms with Crippen molar-refractivity contribution in [2.75, 3.05) is 0 Å². The highest BCUT2D eigenvalue weighted by molar-refractivity contribution is 6.06. The first-order chi connectivity index (χ1) is 1.91. The maximum Gasteiger partial charge on any atom is 0.628 e. The highest BCUT2D eigenvalue weighted by atomic mass is 28.2. The van der Waals surface area contributed by atoms with Crippen molar-refractivity contribution in [1.82, 2.24) is 0 Å². The van der Waals surface area contributed by atoms with E-state index in [1.165, 1.54) is 0 Å². The van der Waals surface area contributed by atoms with Crippen LogP contribution in [0.5, 0.6) is 0 Å². The topological polar surface area (TPSA) is 46.5 Å². The zero-order valence-corrected chi connectivity index (χ0v) is 2.76. The molecule has 0 saturated carbocycles. The first-order valence-corrected chi connectivity index (χ1v) is 1.41. The number of rotatable bonds is 1. The molecule has 0 atom stereocenters. The lowest BCUT2D eigenvalue weighted by Gasteiger charge is -1.61. The summed E-state index contributed by atoms with van der Waals surface area (Å²) in [6, 6.07) is 0. The molecule has 4 heteroatoms. The minimum Gasteiger partial charge on any atom is -0.357 e. The van der Waals surface area contributed by atoms with Crippen molar-refractivity contribution >= 4 is 9.65 Å². The summed E-state index contributed by atoms with van der Waals surface area (Å²) in [5.41, 5.74) is 0. The molecular weight excluding hydrogens is 76.1 g/mol. The molecular formula is HO3Si. The second-order valence-corrected chi connectivity index (χ2v) is 0.524. The molecule has 0 aliphatic heterocycles. The Hall–Kier alpha value is -0.223. The minimum absolute atomic E-state index is 1.05. The van der Waals surface area contributed by atoms with E-state index in [4.69, 9.17) is 9.72 Å². The molecule has 0 spiro atoms. The molecule has 0 amide bonds. The summed E-state index contributed by atoms with van der Waals surface area (Å²) < 4.78 is 11.9. The molecule has 0 heterocycles. The standard InChI is InChI=1S/HO3Si/c1-3-4-2/h1H. The molecule has 1 radical (unpaired) electrons. The summed E-state index contributed by atoms with van der Waals surface area (Å²) in [6.07, 6.45) is 0. The Morgan fingerprint density at radius 2 is 2.25 bits per heavy atom. The zero-order valence-electron chi connectivity index (χ0n) is 1.76. The average molecular weight is 77.1 g/mol. The van der Waals surface area contributed by atoms with Gasteiger partial charge in [-0.3, -0.25) is 0 Å². The first-order valence-electron chi connectivity index (χ1n) is 0.591. The lowest BCUT2D eigenvalue weighted by Crippen LogP contribution is -1.73. The van der Waals surface area contributed by atoms with E-state index in [0.29, 0.717) is 0 Å². The Morgan fingerprint density at radius 3 is 2.25 bits per heavy atom. The Balaban J connectivity index is 2.30. The van der Waals surface area contributed by atoms with Crippen LogP contribution in [-0.2, 0) is 9.04 Å². The lowest BCUT2D eigenvalue weighted by atomic mass is 15.0. The molecule has 3 nitrogen and oxygen atoms in total. The third kappa shape index (κ3) is 1.78. The van der Waals surface area contributed by atoms with Crippen molar-refractivity contribution in [2.45, 2.75) is 0 Å². The van der Waals surface area contributed by atoms with Crippen molar-refractivity contribution < 1.29 is 14.3 Å². The van der Waals surface area contributed by atoms with Crippen molar-refractivity contribution in [3.05, 3.63) is 0 Å². The predicted octanol–water partition coefficient (Wildman–Crippen LogP) is -0.559.